The highest BCUT2D eigenvalue weighted by Crippen LogP contribution is 2.52. The Morgan fingerprint density at radius 2 is 1.65 bits per heavy atom. The van der Waals surface area contributed by atoms with Crippen molar-refractivity contribution in [2.45, 2.75) is 24.8 Å². The van der Waals surface area contributed by atoms with Crippen LogP contribution in [0.25, 0.3) is 0 Å². The monoisotopic (exact) mass is 354 g/mol. The summed E-state index contributed by atoms with van der Waals surface area (Å²) in [5.41, 5.74) is 0.359. The van der Waals surface area contributed by atoms with E-state index in [2.05, 4.69) is 5.32 Å². The zero-order chi connectivity index (χ0) is 18.1. The quantitative estimate of drug-likeness (QED) is 0.662. The molecule has 1 heterocycles. The molecule has 4 atom stereocenters. The number of likely N-dealkylation sites (tertiary alicyclic amines) is 1. The predicted octanol–water partition coefficient (Wildman–Crippen LogP) is 1.74. The van der Waals surface area contributed by atoms with Crippen molar-refractivity contribution >= 4 is 17.7 Å². The van der Waals surface area contributed by atoms with Crippen molar-refractivity contribution in [1.82, 2.24) is 10.2 Å². The minimum Gasteiger partial charge on any atom is -0.345 e. The molecule has 1 saturated heterocycles. The first kappa shape index (κ1) is 15.7. The summed E-state index contributed by atoms with van der Waals surface area (Å²) in [6.07, 6.45) is 6.49. The van der Waals surface area contributed by atoms with Crippen molar-refractivity contribution in [1.29, 1.82) is 0 Å². The summed E-state index contributed by atoms with van der Waals surface area (Å²) in [7, 11) is 0. The molecule has 0 aromatic heterocycles. The third-order valence-corrected chi connectivity index (χ3v) is 6.39. The maximum absolute atomic E-state index is 13.1. The summed E-state index contributed by atoms with van der Waals surface area (Å²) in [6, 6.07) is 6.09. The minimum absolute atomic E-state index is 0.142. The van der Waals surface area contributed by atoms with Gasteiger partial charge in [-0.2, -0.15) is 0 Å². The molecule has 2 saturated carbocycles. The number of imide groups is 1. The lowest BCUT2D eigenvalue weighted by atomic mass is 9.85. The number of nitrogens with zero attached hydrogens (tertiary/aromatic N) is 1. The van der Waals surface area contributed by atoms with E-state index in [1.165, 1.54) is 12.1 Å². The van der Waals surface area contributed by atoms with Gasteiger partial charge in [-0.15, -0.1) is 0 Å². The smallest absolute Gasteiger partial charge is 0.240 e. The number of halogens is 1. The normalized spacial score (nSPS) is 32.9. The lowest BCUT2D eigenvalue weighted by Gasteiger charge is -2.21. The molecule has 5 rings (SSSR count). The SMILES string of the molecule is O=C(CN1C(=O)[C@H]2[C@H](C1=O)[C@H]1C=C[C@H]2C1)NC1(c2ccc(F)cc2)CC1. The molecule has 6 heteroatoms. The van der Waals surface area contributed by atoms with Crippen LogP contribution in [-0.2, 0) is 19.9 Å². The van der Waals surface area contributed by atoms with E-state index in [0.29, 0.717) is 0 Å². The maximum atomic E-state index is 13.1. The van der Waals surface area contributed by atoms with Crippen LogP contribution in [0, 0.1) is 29.5 Å². The summed E-state index contributed by atoms with van der Waals surface area (Å²) in [6.45, 7) is -0.229. The maximum Gasteiger partial charge on any atom is 0.240 e. The van der Waals surface area contributed by atoms with Crippen LogP contribution in [0.3, 0.4) is 0 Å². The van der Waals surface area contributed by atoms with E-state index in [1.54, 1.807) is 12.1 Å². The molecular weight excluding hydrogens is 335 g/mol. The van der Waals surface area contributed by atoms with Gasteiger partial charge in [-0.3, -0.25) is 19.3 Å². The largest absolute Gasteiger partial charge is 0.345 e. The van der Waals surface area contributed by atoms with Gasteiger partial charge in [-0.1, -0.05) is 24.3 Å². The van der Waals surface area contributed by atoms with Crippen LogP contribution in [-0.4, -0.2) is 29.2 Å². The lowest BCUT2D eigenvalue weighted by Crippen LogP contribution is -2.45. The fourth-order valence-corrected chi connectivity index (χ4v) is 4.95. The number of amides is 3. The Balaban J connectivity index is 1.29. The van der Waals surface area contributed by atoms with Crippen LogP contribution >= 0.6 is 0 Å². The zero-order valence-corrected chi connectivity index (χ0v) is 14.2. The van der Waals surface area contributed by atoms with Crippen LogP contribution in [0.4, 0.5) is 4.39 Å². The van der Waals surface area contributed by atoms with Crippen LogP contribution in [0.1, 0.15) is 24.8 Å². The van der Waals surface area contributed by atoms with Crippen molar-refractivity contribution in [2.24, 2.45) is 23.7 Å². The lowest BCUT2D eigenvalue weighted by molar-refractivity contribution is -0.144. The minimum atomic E-state index is -0.493. The third-order valence-electron chi connectivity index (χ3n) is 6.39. The number of carbonyl (C=O) groups is 3. The third kappa shape index (κ3) is 2.17. The number of carbonyl (C=O) groups excluding carboxylic acids is 3. The van der Waals surface area contributed by atoms with Gasteiger partial charge in [0.25, 0.3) is 0 Å². The van der Waals surface area contributed by atoms with Crippen molar-refractivity contribution in [3.63, 3.8) is 0 Å². The summed E-state index contributed by atoms with van der Waals surface area (Å²) < 4.78 is 13.1. The standard InChI is InChI=1S/C20H19FN2O3/c21-14-5-3-13(4-6-14)20(7-8-20)22-15(24)10-23-18(25)16-11-1-2-12(9-11)17(16)19(23)26/h1-6,11-12,16-17H,7-10H2,(H,22,24)/t11-,12-,16+,17+/m0/s1. The second-order valence-corrected chi connectivity index (χ2v) is 7.90. The number of hydrogen-bond donors (Lipinski definition) is 1. The first-order valence-corrected chi connectivity index (χ1v) is 9.09. The van der Waals surface area contributed by atoms with Gasteiger partial charge >= 0.3 is 0 Å². The Kier molecular flexibility index (Phi) is 3.18. The Hall–Kier alpha value is -2.50. The predicted molar refractivity (Wildman–Crippen MR) is 89.9 cm³/mol. The van der Waals surface area contributed by atoms with E-state index >= 15 is 0 Å². The average molecular weight is 354 g/mol. The van der Waals surface area contributed by atoms with E-state index in [1.807, 2.05) is 12.2 Å². The highest BCUT2D eigenvalue weighted by Gasteiger charge is 2.59. The first-order chi connectivity index (χ1) is 12.5. The highest BCUT2D eigenvalue weighted by molar-refractivity contribution is 6.08. The molecule has 5 nitrogen and oxygen atoms in total. The van der Waals surface area contributed by atoms with Gasteiger partial charge in [-0.05, 0) is 48.8 Å². The molecular formula is C20H19FN2O3. The Bertz CT molecular complexity index is 813. The molecule has 1 aromatic rings. The summed E-state index contributed by atoms with van der Waals surface area (Å²) in [4.78, 5) is 39.0. The van der Waals surface area contributed by atoms with Crippen LogP contribution in [0.2, 0.25) is 0 Å². The van der Waals surface area contributed by atoms with Gasteiger partial charge in [-0.25, -0.2) is 4.39 Å². The molecule has 134 valence electrons. The van der Waals surface area contributed by atoms with Crippen molar-refractivity contribution < 1.29 is 18.8 Å². The second kappa shape index (κ2) is 5.25. The van der Waals surface area contributed by atoms with Gasteiger partial charge < -0.3 is 5.32 Å². The number of allylic oxidation sites excluding steroid dienone is 2. The Morgan fingerprint density at radius 3 is 2.19 bits per heavy atom. The van der Waals surface area contributed by atoms with E-state index in [9.17, 15) is 18.8 Å². The molecule has 1 aliphatic heterocycles. The zero-order valence-electron chi connectivity index (χ0n) is 14.2. The summed E-state index contributed by atoms with van der Waals surface area (Å²) in [5.74, 6) is -1.36. The number of benzene rings is 1. The number of nitrogens with one attached hydrogen (secondary N) is 1. The van der Waals surface area contributed by atoms with E-state index in [-0.39, 0.29) is 53.8 Å². The first-order valence-electron chi connectivity index (χ1n) is 9.09. The Morgan fingerprint density at radius 1 is 1.08 bits per heavy atom. The molecule has 3 fully saturated rings. The molecule has 0 spiro atoms. The molecule has 0 radical (unpaired) electrons. The average Bonchev–Trinajstić information content (AvgIpc) is 3.00. The fourth-order valence-electron chi connectivity index (χ4n) is 4.95. The number of rotatable bonds is 4. The van der Waals surface area contributed by atoms with Crippen LogP contribution in [0.5, 0.6) is 0 Å². The fraction of sp³-hybridized carbons (Fsp3) is 0.450. The molecule has 4 aliphatic rings. The molecule has 2 bridgehead atoms. The molecule has 1 aromatic carbocycles. The van der Waals surface area contributed by atoms with Gasteiger partial charge in [0.15, 0.2) is 0 Å². The van der Waals surface area contributed by atoms with Gasteiger partial charge in [0.05, 0.1) is 17.4 Å². The number of hydrogen-bond acceptors (Lipinski definition) is 3. The summed E-state index contributed by atoms with van der Waals surface area (Å²) in [5, 5.41) is 2.95. The summed E-state index contributed by atoms with van der Waals surface area (Å²) >= 11 is 0. The van der Waals surface area contributed by atoms with E-state index < -0.39 is 5.54 Å². The van der Waals surface area contributed by atoms with Gasteiger partial charge in [0, 0.05) is 0 Å². The second-order valence-electron chi connectivity index (χ2n) is 7.90. The van der Waals surface area contributed by atoms with Crippen LogP contribution < -0.4 is 5.32 Å². The highest BCUT2D eigenvalue weighted by atomic mass is 19.1. The van der Waals surface area contributed by atoms with Crippen molar-refractivity contribution in [3.8, 4) is 0 Å². The van der Waals surface area contributed by atoms with E-state index in [4.69, 9.17) is 0 Å². The number of fused-ring (bicyclic) bond motifs is 5. The molecule has 26 heavy (non-hydrogen) atoms. The molecule has 3 amide bonds. The van der Waals surface area contributed by atoms with Crippen LogP contribution in [0.15, 0.2) is 36.4 Å². The van der Waals surface area contributed by atoms with Gasteiger partial charge in [0.2, 0.25) is 17.7 Å². The molecule has 0 unspecified atom stereocenters. The van der Waals surface area contributed by atoms with E-state index in [0.717, 1.165) is 29.7 Å². The van der Waals surface area contributed by atoms with Gasteiger partial charge in [0.1, 0.15) is 12.4 Å². The topological polar surface area (TPSA) is 66.5 Å². The van der Waals surface area contributed by atoms with Crippen molar-refractivity contribution in [3.05, 3.63) is 47.8 Å². The molecule has 3 aliphatic carbocycles. The molecule has 1 N–H and O–H groups in total. The van der Waals surface area contributed by atoms with Crippen molar-refractivity contribution in [2.75, 3.05) is 6.54 Å². The Labute approximate surface area is 150 Å².